The van der Waals surface area contributed by atoms with Crippen LogP contribution in [-0.2, 0) is 0 Å². The molecule has 0 aliphatic rings. The van der Waals surface area contributed by atoms with Crippen molar-refractivity contribution in [1.29, 1.82) is 0 Å². The fraction of sp³-hybridized carbons (Fsp3) is 0.167. The lowest BCUT2D eigenvalue weighted by Crippen LogP contribution is -1.96. The summed E-state index contributed by atoms with van der Waals surface area (Å²) >= 11 is 17.5. The maximum absolute atomic E-state index is 6.47. The zero-order chi connectivity index (χ0) is 12.4. The molecule has 2 aromatic rings. The van der Waals surface area contributed by atoms with Crippen LogP contribution < -0.4 is 4.74 Å². The Morgan fingerprint density at radius 3 is 2.71 bits per heavy atom. The van der Waals surface area contributed by atoms with E-state index in [2.05, 4.69) is 15.9 Å². The van der Waals surface area contributed by atoms with Crippen molar-refractivity contribution >= 4 is 50.5 Å². The fourth-order valence-corrected chi connectivity index (χ4v) is 3.86. The molecule has 2 rings (SSSR count). The van der Waals surface area contributed by atoms with E-state index in [1.165, 1.54) is 0 Å². The molecule has 1 unspecified atom stereocenters. The zero-order valence-corrected chi connectivity index (χ0v) is 12.8. The van der Waals surface area contributed by atoms with Gasteiger partial charge in [0.05, 0.1) is 12.5 Å². The van der Waals surface area contributed by atoms with Gasteiger partial charge in [-0.15, -0.1) is 22.9 Å². The zero-order valence-electron chi connectivity index (χ0n) is 8.91. The Kier molecular flexibility index (Phi) is 4.36. The van der Waals surface area contributed by atoms with Crippen molar-refractivity contribution in [3.05, 3.63) is 49.6 Å². The Labute approximate surface area is 122 Å². The third kappa shape index (κ3) is 2.79. The number of methoxy groups -OCH3 is 1. The van der Waals surface area contributed by atoms with Gasteiger partial charge in [0, 0.05) is 19.9 Å². The molecule has 1 aromatic carbocycles. The number of ether oxygens (including phenoxy) is 1. The van der Waals surface area contributed by atoms with Gasteiger partial charge in [-0.3, -0.25) is 0 Å². The first-order valence-electron chi connectivity index (χ1n) is 4.84. The topological polar surface area (TPSA) is 9.23 Å². The second kappa shape index (κ2) is 5.61. The summed E-state index contributed by atoms with van der Waals surface area (Å²) in [5.74, 6) is 0.706. The number of thiophene rings is 1. The predicted octanol–water partition coefficient (Wildman–Crippen LogP) is 5.50. The lowest BCUT2D eigenvalue weighted by atomic mass is 10.1. The quantitative estimate of drug-likeness (QED) is 0.663. The van der Waals surface area contributed by atoms with Crippen LogP contribution in [0.5, 0.6) is 5.75 Å². The van der Waals surface area contributed by atoms with E-state index >= 15 is 0 Å². The second-order valence-electron chi connectivity index (χ2n) is 3.38. The highest BCUT2D eigenvalue weighted by molar-refractivity contribution is 9.10. The van der Waals surface area contributed by atoms with Crippen LogP contribution in [0.15, 0.2) is 34.1 Å². The molecular weight excluding hydrogens is 343 g/mol. The van der Waals surface area contributed by atoms with Gasteiger partial charge in [-0.05, 0) is 39.5 Å². The Morgan fingerprint density at radius 1 is 1.35 bits per heavy atom. The number of hydrogen-bond acceptors (Lipinski definition) is 2. The lowest BCUT2D eigenvalue weighted by molar-refractivity contribution is 0.410. The van der Waals surface area contributed by atoms with E-state index in [1.54, 1.807) is 24.5 Å². The summed E-state index contributed by atoms with van der Waals surface area (Å²) in [6.45, 7) is 0. The van der Waals surface area contributed by atoms with Crippen LogP contribution in [-0.4, -0.2) is 7.11 Å². The van der Waals surface area contributed by atoms with Gasteiger partial charge in [-0.25, -0.2) is 0 Å². The Bertz CT molecular complexity index is 527. The smallest absolute Gasteiger partial charge is 0.125 e. The van der Waals surface area contributed by atoms with Crippen LogP contribution in [0.1, 0.15) is 15.8 Å². The van der Waals surface area contributed by atoms with Gasteiger partial charge in [0.25, 0.3) is 0 Å². The molecule has 0 radical (unpaired) electrons. The molecule has 0 aliphatic carbocycles. The average molecular weight is 352 g/mol. The molecule has 1 aromatic heterocycles. The SMILES string of the molecule is COc1cc(Cl)ccc1C(Cl)c1sccc1Br. The Morgan fingerprint density at radius 2 is 2.12 bits per heavy atom. The summed E-state index contributed by atoms with van der Waals surface area (Å²) in [7, 11) is 1.61. The Hall–Kier alpha value is -0.220. The fourth-order valence-electron chi connectivity index (χ4n) is 1.52. The molecule has 5 heteroatoms. The van der Waals surface area contributed by atoms with E-state index in [9.17, 15) is 0 Å². The molecule has 0 saturated heterocycles. The van der Waals surface area contributed by atoms with Crippen molar-refractivity contribution in [2.24, 2.45) is 0 Å². The van der Waals surface area contributed by atoms with E-state index in [0.717, 1.165) is 14.9 Å². The number of alkyl halides is 1. The van der Waals surface area contributed by atoms with Crippen molar-refractivity contribution in [2.75, 3.05) is 7.11 Å². The van der Waals surface area contributed by atoms with Crippen LogP contribution in [0.25, 0.3) is 0 Å². The molecule has 0 bridgehead atoms. The minimum absolute atomic E-state index is 0.239. The van der Waals surface area contributed by atoms with Crippen LogP contribution in [0.3, 0.4) is 0 Å². The van der Waals surface area contributed by atoms with Crippen molar-refractivity contribution in [2.45, 2.75) is 5.38 Å². The molecule has 0 spiro atoms. The van der Waals surface area contributed by atoms with Gasteiger partial charge >= 0.3 is 0 Å². The van der Waals surface area contributed by atoms with Gasteiger partial charge in [-0.1, -0.05) is 17.7 Å². The van der Waals surface area contributed by atoms with Crippen molar-refractivity contribution in [3.8, 4) is 5.75 Å². The highest BCUT2D eigenvalue weighted by Gasteiger charge is 2.19. The second-order valence-corrected chi connectivity index (χ2v) is 6.06. The minimum atomic E-state index is -0.239. The summed E-state index contributed by atoms with van der Waals surface area (Å²) in [5.41, 5.74) is 0.918. The maximum atomic E-state index is 6.47. The molecule has 1 nitrogen and oxygen atoms in total. The number of benzene rings is 1. The number of hydrogen-bond donors (Lipinski definition) is 0. The molecule has 0 N–H and O–H groups in total. The lowest BCUT2D eigenvalue weighted by Gasteiger charge is -2.13. The molecule has 0 aliphatic heterocycles. The van der Waals surface area contributed by atoms with Crippen molar-refractivity contribution in [1.82, 2.24) is 0 Å². The maximum Gasteiger partial charge on any atom is 0.125 e. The molecule has 1 heterocycles. The molecule has 0 saturated carbocycles. The molecule has 0 amide bonds. The standard InChI is InChI=1S/C12H9BrCl2OS/c1-16-10-6-7(14)2-3-8(10)11(15)12-9(13)4-5-17-12/h2-6,11H,1H3. The van der Waals surface area contributed by atoms with E-state index in [4.69, 9.17) is 27.9 Å². The predicted molar refractivity (Wildman–Crippen MR) is 77.7 cm³/mol. The average Bonchev–Trinajstić information content (AvgIpc) is 2.74. The van der Waals surface area contributed by atoms with E-state index in [-0.39, 0.29) is 5.38 Å². The Balaban J connectivity index is 2.44. The highest BCUT2D eigenvalue weighted by atomic mass is 79.9. The van der Waals surface area contributed by atoms with Gasteiger partial charge in [0.1, 0.15) is 5.75 Å². The summed E-state index contributed by atoms with van der Waals surface area (Å²) in [4.78, 5) is 1.06. The van der Waals surface area contributed by atoms with Crippen molar-refractivity contribution < 1.29 is 4.74 Å². The normalized spacial score (nSPS) is 12.5. The molecule has 1 atom stereocenters. The first-order chi connectivity index (χ1) is 8.13. The first-order valence-corrected chi connectivity index (χ1v) is 7.32. The van der Waals surface area contributed by atoms with Gasteiger partial charge in [0.15, 0.2) is 0 Å². The van der Waals surface area contributed by atoms with Crippen LogP contribution in [0, 0.1) is 0 Å². The molecule has 90 valence electrons. The van der Waals surface area contributed by atoms with Gasteiger partial charge in [0.2, 0.25) is 0 Å². The van der Waals surface area contributed by atoms with Crippen LogP contribution in [0.2, 0.25) is 5.02 Å². The third-order valence-corrected chi connectivity index (χ3v) is 5.10. The monoisotopic (exact) mass is 350 g/mol. The largest absolute Gasteiger partial charge is 0.496 e. The van der Waals surface area contributed by atoms with Gasteiger partial charge in [-0.2, -0.15) is 0 Å². The third-order valence-electron chi connectivity index (χ3n) is 2.34. The molecule has 0 fully saturated rings. The van der Waals surface area contributed by atoms with Crippen molar-refractivity contribution in [3.63, 3.8) is 0 Å². The molecular formula is C12H9BrCl2OS. The first kappa shape index (κ1) is 13.2. The highest BCUT2D eigenvalue weighted by Crippen LogP contribution is 2.41. The minimum Gasteiger partial charge on any atom is -0.496 e. The van der Waals surface area contributed by atoms with Gasteiger partial charge < -0.3 is 4.74 Å². The summed E-state index contributed by atoms with van der Waals surface area (Å²) < 4.78 is 6.32. The van der Waals surface area contributed by atoms with E-state index in [0.29, 0.717) is 10.8 Å². The summed E-state index contributed by atoms with van der Waals surface area (Å²) in [6, 6.07) is 7.47. The van der Waals surface area contributed by atoms with E-state index < -0.39 is 0 Å². The van der Waals surface area contributed by atoms with E-state index in [1.807, 2.05) is 23.6 Å². The number of rotatable bonds is 3. The number of halogens is 3. The summed E-state index contributed by atoms with van der Waals surface area (Å²) in [6.07, 6.45) is 0. The van der Waals surface area contributed by atoms with Crippen LogP contribution in [0.4, 0.5) is 0 Å². The van der Waals surface area contributed by atoms with Crippen LogP contribution >= 0.6 is 50.5 Å². The molecule has 17 heavy (non-hydrogen) atoms. The summed E-state index contributed by atoms with van der Waals surface area (Å²) in [5, 5.41) is 2.40.